The van der Waals surface area contributed by atoms with Crippen LogP contribution in [0.3, 0.4) is 0 Å². The number of rotatable bonds is 4. The Morgan fingerprint density at radius 1 is 1.33 bits per heavy atom. The molecule has 1 aromatic heterocycles. The molecule has 0 bridgehead atoms. The number of nitrogens with zero attached hydrogens (tertiary/aromatic N) is 1. The third kappa shape index (κ3) is 3.12. The molecule has 7 heteroatoms. The lowest BCUT2D eigenvalue weighted by atomic mass is 9.94. The van der Waals surface area contributed by atoms with E-state index in [2.05, 4.69) is 0 Å². The molecule has 0 unspecified atom stereocenters. The number of aliphatic carboxylic acids is 1. The average molecular weight is 263 g/mol. The minimum atomic E-state index is -4.92. The van der Waals surface area contributed by atoms with Crippen LogP contribution in [0.1, 0.15) is 24.2 Å². The quantitative estimate of drug-likeness (QED) is 0.848. The van der Waals surface area contributed by atoms with Crippen LogP contribution in [0.5, 0.6) is 0 Å². The van der Waals surface area contributed by atoms with Crippen LogP contribution in [0.4, 0.5) is 13.2 Å². The van der Waals surface area contributed by atoms with E-state index in [1.807, 2.05) is 0 Å². The zero-order valence-electron chi connectivity index (χ0n) is 9.78. The van der Waals surface area contributed by atoms with Gasteiger partial charge in [0, 0.05) is 24.5 Å². The smallest absolute Gasteiger partial charge is 0.454 e. The van der Waals surface area contributed by atoms with Crippen molar-refractivity contribution in [2.45, 2.75) is 26.6 Å². The summed E-state index contributed by atoms with van der Waals surface area (Å²) in [4.78, 5) is 21.8. The van der Waals surface area contributed by atoms with Crippen molar-refractivity contribution in [1.29, 1.82) is 0 Å². The molecule has 0 amide bonds. The molecule has 0 aliphatic heterocycles. The summed E-state index contributed by atoms with van der Waals surface area (Å²) in [7, 11) is 0. The molecule has 0 aliphatic rings. The summed E-state index contributed by atoms with van der Waals surface area (Å²) in [5, 5.41) is 8.89. The number of alkyl halides is 3. The van der Waals surface area contributed by atoms with Gasteiger partial charge in [0.25, 0.3) is 5.78 Å². The zero-order valence-corrected chi connectivity index (χ0v) is 9.78. The Labute approximate surface area is 101 Å². The summed E-state index contributed by atoms with van der Waals surface area (Å²) in [5.74, 6) is -3.01. The SMILES string of the molecule is CC(C)(Cn1ccc(C(=O)C(F)(F)F)c1)C(=O)O. The predicted octanol–water partition coefficient (Wildman–Crippen LogP) is 2.34. The van der Waals surface area contributed by atoms with Crippen LogP contribution in [0.25, 0.3) is 0 Å². The highest BCUT2D eigenvalue weighted by atomic mass is 19.4. The Morgan fingerprint density at radius 2 is 1.89 bits per heavy atom. The van der Waals surface area contributed by atoms with Crippen LogP contribution in [-0.4, -0.2) is 27.6 Å². The summed E-state index contributed by atoms with van der Waals surface area (Å²) < 4.78 is 37.7. The van der Waals surface area contributed by atoms with E-state index in [0.29, 0.717) is 0 Å². The fourth-order valence-corrected chi connectivity index (χ4v) is 1.36. The minimum absolute atomic E-state index is 0.0204. The number of halogens is 3. The van der Waals surface area contributed by atoms with Crippen LogP contribution in [0.15, 0.2) is 18.5 Å². The van der Waals surface area contributed by atoms with E-state index >= 15 is 0 Å². The average Bonchev–Trinajstić information content (AvgIpc) is 2.62. The Hall–Kier alpha value is -1.79. The Morgan fingerprint density at radius 3 is 2.33 bits per heavy atom. The summed E-state index contributed by atoms with van der Waals surface area (Å²) >= 11 is 0. The van der Waals surface area contributed by atoms with E-state index < -0.39 is 28.9 Å². The summed E-state index contributed by atoms with van der Waals surface area (Å²) in [6.07, 6.45) is -2.67. The summed E-state index contributed by atoms with van der Waals surface area (Å²) in [5.41, 5.74) is -1.62. The van der Waals surface area contributed by atoms with E-state index in [1.165, 1.54) is 24.6 Å². The van der Waals surface area contributed by atoms with Gasteiger partial charge in [-0.25, -0.2) is 0 Å². The Bertz CT molecular complexity index is 474. The van der Waals surface area contributed by atoms with Gasteiger partial charge in [-0.3, -0.25) is 9.59 Å². The predicted molar refractivity (Wildman–Crippen MR) is 56.2 cm³/mol. The maximum atomic E-state index is 12.2. The first-order chi connectivity index (χ1) is 8.04. The van der Waals surface area contributed by atoms with Crippen molar-refractivity contribution in [2.24, 2.45) is 5.41 Å². The number of carbonyl (C=O) groups is 2. The number of ketones is 1. The first kappa shape index (κ1) is 14.3. The maximum absolute atomic E-state index is 12.2. The van der Waals surface area contributed by atoms with Gasteiger partial charge in [0.1, 0.15) is 0 Å². The van der Waals surface area contributed by atoms with E-state index in [9.17, 15) is 22.8 Å². The molecule has 0 aromatic carbocycles. The third-order valence-electron chi connectivity index (χ3n) is 2.43. The molecule has 1 aromatic rings. The van der Waals surface area contributed by atoms with Gasteiger partial charge in [0.2, 0.25) is 0 Å². The van der Waals surface area contributed by atoms with Gasteiger partial charge in [-0.2, -0.15) is 13.2 Å². The molecule has 0 saturated heterocycles. The second-order valence-corrected chi connectivity index (χ2v) is 4.59. The second kappa shape index (κ2) is 4.47. The van der Waals surface area contributed by atoms with E-state index in [4.69, 9.17) is 5.11 Å². The van der Waals surface area contributed by atoms with Gasteiger partial charge >= 0.3 is 12.1 Å². The number of hydrogen-bond donors (Lipinski definition) is 1. The highest BCUT2D eigenvalue weighted by Gasteiger charge is 2.39. The monoisotopic (exact) mass is 263 g/mol. The van der Waals surface area contributed by atoms with Crippen LogP contribution >= 0.6 is 0 Å². The van der Waals surface area contributed by atoms with Crippen molar-refractivity contribution in [3.8, 4) is 0 Å². The van der Waals surface area contributed by atoms with Gasteiger partial charge in [-0.05, 0) is 19.9 Å². The van der Waals surface area contributed by atoms with Gasteiger partial charge in [-0.15, -0.1) is 0 Å². The topological polar surface area (TPSA) is 59.3 Å². The van der Waals surface area contributed by atoms with Crippen molar-refractivity contribution in [3.05, 3.63) is 24.0 Å². The van der Waals surface area contributed by atoms with E-state index in [1.54, 1.807) is 0 Å². The number of hydrogen-bond acceptors (Lipinski definition) is 2. The standard InChI is InChI=1S/C11H12F3NO3/c1-10(2,9(17)18)6-15-4-3-7(5-15)8(16)11(12,13)14/h3-5H,6H2,1-2H3,(H,17,18). The van der Waals surface area contributed by atoms with Crippen molar-refractivity contribution >= 4 is 11.8 Å². The fourth-order valence-electron chi connectivity index (χ4n) is 1.36. The lowest BCUT2D eigenvalue weighted by molar-refractivity contribution is -0.147. The lowest BCUT2D eigenvalue weighted by Gasteiger charge is -2.19. The number of carboxylic acids is 1. The maximum Gasteiger partial charge on any atom is 0.454 e. The van der Waals surface area contributed by atoms with Crippen LogP contribution in [0.2, 0.25) is 0 Å². The fraction of sp³-hybridized carbons (Fsp3) is 0.455. The van der Waals surface area contributed by atoms with Crippen molar-refractivity contribution in [3.63, 3.8) is 0 Å². The number of carboxylic acid groups (broad SMARTS) is 1. The number of aromatic nitrogens is 1. The van der Waals surface area contributed by atoms with Crippen LogP contribution in [0, 0.1) is 5.41 Å². The first-order valence-electron chi connectivity index (χ1n) is 5.05. The zero-order chi connectivity index (χ0) is 14.1. The third-order valence-corrected chi connectivity index (χ3v) is 2.43. The normalized spacial score (nSPS) is 12.5. The molecule has 0 fully saturated rings. The molecule has 0 spiro atoms. The number of carbonyl (C=O) groups excluding carboxylic acids is 1. The molecule has 0 radical (unpaired) electrons. The van der Waals surface area contributed by atoms with Gasteiger partial charge in [-0.1, -0.05) is 0 Å². The van der Waals surface area contributed by atoms with Crippen molar-refractivity contribution in [2.75, 3.05) is 0 Å². The molecular formula is C11H12F3NO3. The lowest BCUT2D eigenvalue weighted by Crippen LogP contribution is -2.28. The summed E-state index contributed by atoms with van der Waals surface area (Å²) in [6, 6.07) is 1.02. The molecule has 1 heterocycles. The Kier molecular flexibility index (Phi) is 3.54. The van der Waals surface area contributed by atoms with Gasteiger partial charge in [0.15, 0.2) is 0 Å². The van der Waals surface area contributed by atoms with Crippen LogP contribution < -0.4 is 0 Å². The molecule has 0 aliphatic carbocycles. The van der Waals surface area contributed by atoms with Crippen LogP contribution in [-0.2, 0) is 11.3 Å². The summed E-state index contributed by atoms with van der Waals surface area (Å²) in [6.45, 7) is 2.87. The van der Waals surface area contributed by atoms with Crippen molar-refractivity contribution < 1.29 is 27.9 Å². The molecule has 0 saturated carbocycles. The number of Topliss-reactive ketones (excluding diaryl/α,β-unsaturated/α-hetero) is 1. The van der Waals surface area contributed by atoms with E-state index in [-0.39, 0.29) is 6.54 Å². The largest absolute Gasteiger partial charge is 0.481 e. The minimum Gasteiger partial charge on any atom is -0.481 e. The molecule has 4 nitrogen and oxygen atoms in total. The van der Waals surface area contributed by atoms with Gasteiger partial charge < -0.3 is 9.67 Å². The van der Waals surface area contributed by atoms with Crippen molar-refractivity contribution in [1.82, 2.24) is 4.57 Å². The second-order valence-electron chi connectivity index (χ2n) is 4.59. The molecular weight excluding hydrogens is 251 g/mol. The molecule has 0 atom stereocenters. The molecule has 18 heavy (non-hydrogen) atoms. The Balaban J connectivity index is 2.89. The molecule has 1 N–H and O–H groups in total. The first-order valence-corrected chi connectivity index (χ1v) is 5.05. The van der Waals surface area contributed by atoms with Gasteiger partial charge in [0.05, 0.1) is 5.41 Å². The highest BCUT2D eigenvalue weighted by molar-refractivity contribution is 6.00. The molecule has 100 valence electrons. The van der Waals surface area contributed by atoms with E-state index in [0.717, 1.165) is 12.3 Å². The highest BCUT2D eigenvalue weighted by Crippen LogP contribution is 2.23. The molecule has 1 rings (SSSR count).